The van der Waals surface area contributed by atoms with Crippen LogP contribution in [0, 0.1) is 6.92 Å². The fraction of sp³-hybridized carbons (Fsp3) is 0.462. The van der Waals surface area contributed by atoms with Crippen molar-refractivity contribution >= 4 is 5.82 Å². The number of nitrogen functional groups attached to an aromatic ring is 1. The largest absolute Gasteiger partial charge is 0.383 e. The fourth-order valence-electron chi connectivity index (χ4n) is 1.92. The van der Waals surface area contributed by atoms with E-state index in [0.29, 0.717) is 5.82 Å². The Morgan fingerprint density at radius 3 is 2.72 bits per heavy atom. The number of aryl methyl sites for hydroxylation is 2. The van der Waals surface area contributed by atoms with Gasteiger partial charge in [-0.1, -0.05) is 6.92 Å². The van der Waals surface area contributed by atoms with E-state index in [-0.39, 0.29) is 0 Å². The number of nitrogens with two attached hydrogens (primary N) is 1. The molecular weight excluding hydrogens is 226 g/mol. The molecule has 2 rings (SSSR count). The lowest BCUT2D eigenvalue weighted by Gasteiger charge is -2.10. The molecule has 0 saturated carbocycles. The SMILES string of the molecule is CCCc1nc(N)c(C)c(-c2nccn2CC)n1. The van der Waals surface area contributed by atoms with E-state index >= 15 is 0 Å². The summed E-state index contributed by atoms with van der Waals surface area (Å²) in [5.41, 5.74) is 7.71. The molecule has 0 saturated heterocycles. The Bertz CT molecular complexity index is 544. The second-order valence-electron chi connectivity index (χ2n) is 4.29. The molecule has 0 radical (unpaired) electrons. The number of nitrogens with zero attached hydrogens (tertiary/aromatic N) is 4. The van der Waals surface area contributed by atoms with Gasteiger partial charge in [0.15, 0.2) is 5.82 Å². The van der Waals surface area contributed by atoms with Gasteiger partial charge >= 0.3 is 0 Å². The van der Waals surface area contributed by atoms with E-state index in [4.69, 9.17) is 5.73 Å². The van der Waals surface area contributed by atoms with Gasteiger partial charge in [-0.3, -0.25) is 0 Å². The maximum absolute atomic E-state index is 5.96. The smallest absolute Gasteiger partial charge is 0.159 e. The van der Waals surface area contributed by atoms with Crippen molar-refractivity contribution in [1.29, 1.82) is 0 Å². The molecule has 0 aliphatic carbocycles. The lowest BCUT2D eigenvalue weighted by molar-refractivity contribution is 0.762. The van der Waals surface area contributed by atoms with Gasteiger partial charge in [-0.15, -0.1) is 0 Å². The standard InChI is InChI=1S/C13H19N5/c1-4-6-10-16-11(9(3)12(14)17-10)13-15-7-8-18(13)5-2/h7-8H,4-6H2,1-3H3,(H2,14,16,17). The lowest BCUT2D eigenvalue weighted by Crippen LogP contribution is -2.07. The van der Waals surface area contributed by atoms with Crippen molar-refractivity contribution in [3.63, 3.8) is 0 Å². The van der Waals surface area contributed by atoms with E-state index in [1.165, 1.54) is 0 Å². The first-order valence-corrected chi connectivity index (χ1v) is 6.31. The quantitative estimate of drug-likeness (QED) is 0.896. The number of aromatic nitrogens is 4. The zero-order valence-corrected chi connectivity index (χ0v) is 11.1. The first kappa shape index (κ1) is 12.5. The van der Waals surface area contributed by atoms with E-state index in [9.17, 15) is 0 Å². The molecular formula is C13H19N5. The molecule has 0 atom stereocenters. The summed E-state index contributed by atoms with van der Waals surface area (Å²) in [5, 5.41) is 0. The van der Waals surface area contributed by atoms with Gasteiger partial charge in [0.25, 0.3) is 0 Å². The lowest BCUT2D eigenvalue weighted by atomic mass is 10.2. The first-order valence-electron chi connectivity index (χ1n) is 6.31. The van der Waals surface area contributed by atoms with Crippen molar-refractivity contribution in [3.05, 3.63) is 23.8 Å². The maximum Gasteiger partial charge on any atom is 0.159 e. The normalized spacial score (nSPS) is 10.8. The third-order valence-electron chi connectivity index (χ3n) is 2.97. The summed E-state index contributed by atoms with van der Waals surface area (Å²) in [6.07, 6.45) is 5.58. The Kier molecular flexibility index (Phi) is 3.60. The van der Waals surface area contributed by atoms with E-state index < -0.39 is 0 Å². The Balaban J connectivity index is 2.55. The molecule has 5 heteroatoms. The molecule has 0 unspecified atom stereocenters. The van der Waals surface area contributed by atoms with Gasteiger partial charge in [0.05, 0.1) is 0 Å². The van der Waals surface area contributed by atoms with Crippen LogP contribution in [-0.4, -0.2) is 19.5 Å². The van der Waals surface area contributed by atoms with E-state index in [2.05, 4.69) is 33.4 Å². The van der Waals surface area contributed by atoms with E-state index in [1.807, 2.05) is 13.1 Å². The summed E-state index contributed by atoms with van der Waals surface area (Å²) in [7, 11) is 0. The van der Waals surface area contributed by atoms with Crippen LogP contribution in [0.1, 0.15) is 31.7 Å². The molecule has 2 aromatic rings. The van der Waals surface area contributed by atoms with E-state index in [1.54, 1.807) is 6.20 Å². The number of imidazole rings is 1. The Morgan fingerprint density at radius 1 is 1.28 bits per heavy atom. The average molecular weight is 245 g/mol. The fourth-order valence-corrected chi connectivity index (χ4v) is 1.92. The molecule has 0 spiro atoms. The predicted molar refractivity (Wildman–Crippen MR) is 72.1 cm³/mol. The van der Waals surface area contributed by atoms with Crippen LogP contribution < -0.4 is 5.73 Å². The van der Waals surface area contributed by atoms with Crippen molar-refractivity contribution in [2.45, 2.75) is 40.2 Å². The van der Waals surface area contributed by atoms with Crippen molar-refractivity contribution < 1.29 is 0 Å². The van der Waals surface area contributed by atoms with Crippen LogP contribution in [0.15, 0.2) is 12.4 Å². The summed E-state index contributed by atoms with van der Waals surface area (Å²) in [4.78, 5) is 13.3. The van der Waals surface area contributed by atoms with Crippen LogP contribution in [0.5, 0.6) is 0 Å². The van der Waals surface area contributed by atoms with Crippen LogP contribution >= 0.6 is 0 Å². The van der Waals surface area contributed by atoms with Gasteiger partial charge in [0.2, 0.25) is 0 Å². The molecule has 5 nitrogen and oxygen atoms in total. The monoisotopic (exact) mass is 245 g/mol. The van der Waals surface area contributed by atoms with Crippen molar-refractivity contribution in [3.8, 4) is 11.5 Å². The first-order chi connectivity index (χ1) is 8.67. The highest BCUT2D eigenvalue weighted by atomic mass is 15.1. The van der Waals surface area contributed by atoms with Gasteiger partial charge in [-0.05, 0) is 20.3 Å². The summed E-state index contributed by atoms with van der Waals surface area (Å²) < 4.78 is 2.06. The molecule has 0 fully saturated rings. The highest BCUT2D eigenvalue weighted by molar-refractivity contribution is 5.61. The molecule has 2 aromatic heterocycles. The minimum absolute atomic E-state index is 0.550. The van der Waals surface area contributed by atoms with Gasteiger partial charge < -0.3 is 10.3 Å². The Hall–Kier alpha value is -1.91. The summed E-state index contributed by atoms with van der Waals surface area (Å²) in [5.74, 6) is 2.21. The third-order valence-corrected chi connectivity index (χ3v) is 2.97. The van der Waals surface area contributed by atoms with Crippen LogP contribution in [-0.2, 0) is 13.0 Å². The van der Waals surface area contributed by atoms with Gasteiger partial charge in [0, 0.05) is 30.9 Å². The molecule has 18 heavy (non-hydrogen) atoms. The van der Waals surface area contributed by atoms with Crippen molar-refractivity contribution in [2.75, 3.05) is 5.73 Å². The Labute approximate surface area is 107 Å². The average Bonchev–Trinajstić information content (AvgIpc) is 2.82. The highest BCUT2D eigenvalue weighted by Gasteiger charge is 2.14. The number of hydrogen-bond acceptors (Lipinski definition) is 4. The number of anilines is 1. The zero-order chi connectivity index (χ0) is 13.1. The molecule has 0 aliphatic heterocycles. The molecule has 0 bridgehead atoms. The summed E-state index contributed by atoms with van der Waals surface area (Å²) in [6.45, 7) is 6.99. The van der Waals surface area contributed by atoms with Crippen LogP contribution in [0.25, 0.3) is 11.5 Å². The second-order valence-corrected chi connectivity index (χ2v) is 4.29. The van der Waals surface area contributed by atoms with Gasteiger partial charge in [-0.2, -0.15) is 0 Å². The molecule has 0 aromatic carbocycles. The van der Waals surface area contributed by atoms with Crippen LogP contribution in [0.4, 0.5) is 5.82 Å². The Morgan fingerprint density at radius 2 is 2.06 bits per heavy atom. The summed E-state index contributed by atoms with van der Waals surface area (Å²) >= 11 is 0. The highest BCUT2D eigenvalue weighted by Crippen LogP contribution is 2.23. The molecule has 0 aliphatic rings. The number of hydrogen-bond donors (Lipinski definition) is 1. The summed E-state index contributed by atoms with van der Waals surface area (Å²) in [6, 6.07) is 0. The van der Waals surface area contributed by atoms with E-state index in [0.717, 1.165) is 42.3 Å². The molecule has 0 amide bonds. The minimum Gasteiger partial charge on any atom is -0.383 e. The van der Waals surface area contributed by atoms with Crippen LogP contribution in [0.3, 0.4) is 0 Å². The van der Waals surface area contributed by atoms with Crippen LogP contribution in [0.2, 0.25) is 0 Å². The molecule has 2 heterocycles. The van der Waals surface area contributed by atoms with Gasteiger partial charge in [0.1, 0.15) is 17.3 Å². The second kappa shape index (κ2) is 5.16. The molecule has 96 valence electrons. The minimum atomic E-state index is 0.550. The van der Waals surface area contributed by atoms with Crippen molar-refractivity contribution in [1.82, 2.24) is 19.5 Å². The number of rotatable bonds is 4. The molecule has 2 N–H and O–H groups in total. The van der Waals surface area contributed by atoms with Gasteiger partial charge in [-0.25, -0.2) is 15.0 Å². The predicted octanol–water partition coefficient (Wildman–Crippen LogP) is 2.20. The zero-order valence-electron chi connectivity index (χ0n) is 11.1. The maximum atomic E-state index is 5.96. The third kappa shape index (κ3) is 2.20. The topological polar surface area (TPSA) is 69.6 Å². The van der Waals surface area contributed by atoms with Crippen molar-refractivity contribution in [2.24, 2.45) is 0 Å².